The second-order valence-electron chi connectivity index (χ2n) is 5.78. The van der Waals surface area contributed by atoms with Crippen LogP contribution in [0.2, 0.25) is 5.02 Å². The van der Waals surface area contributed by atoms with E-state index in [1.165, 1.54) is 6.07 Å². The van der Waals surface area contributed by atoms with Crippen molar-refractivity contribution in [3.8, 4) is 5.75 Å². The minimum atomic E-state index is -1.31. The Hall–Kier alpha value is -1.01. The van der Waals surface area contributed by atoms with Crippen molar-refractivity contribution in [2.45, 2.75) is 39.7 Å². The predicted octanol–water partition coefficient (Wildman–Crippen LogP) is 5.34. The average molecular weight is 383 g/mol. The topological polar surface area (TPSA) is 49.8 Å². The SMILES string of the molecule is CC(C)CC(C)(C)N(Oc1c(F)cc(Br)cc1Cl)C(=O)O. The normalized spacial score (nSPS) is 11.6. The van der Waals surface area contributed by atoms with Crippen LogP contribution in [0.1, 0.15) is 34.1 Å². The van der Waals surface area contributed by atoms with Gasteiger partial charge >= 0.3 is 6.09 Å². The molecule has 0 spiro atoms. The van der Waals surface area contributed by atoms with E-state index < -0.39 is 17.4 Å². The Morgan fingerprint density at radius 1 is 1.52 bits per heavy atom. The molecule has 1 N–H and O–H groups in total. The molecule has 1 aromatic carbocycles. The molecule has 0 aliphatic heterocycles. The van der Waals surface area contributed by atoms with E-state index in [0.29, 0.717) is 10.9 Å². The van der Waals surface area contributed by atoms with Gasteiger partial charge in [-0.05, 0) is 38.3 Å². The average Bonchev–Trinajstić information content (AvgIpc) is 2.24. The Labute approximate surface area is 136 Å². The number of hydroxylamine groups is 2. The number of amides is 1. The number of rotatable bonds is 5. The minimum Gasteiger partial charge on any atom is -0.463 e. The van der Waals surface area contributed by atoms with Crippen LogP contribution in [0.25, 0.3) is 0 Å². The van der Waals surface area contributed by atoms with Crippen molar-refractivity contribution < 1.29 is 19.1 Å². The molecular formula is C14H18BrClFNO3. The Bertz CT molecular complexity index is 514. The van der Waals surface area contributed by atoms with Crippen molar-refractivity contribution in [2.24, 2.45) is 5.92 Å². The van der Waals surface area contributed by atoms with Crippen LogP contribution in [0.5, 0.6) is 5.75 Å². The smallest absolute Gasteiger partial charge is 0.441 e. The number of carbonyl (C=O) groups is 1. The summed E-state index contributed by atoms with van der Waals surface area (Å²) >= 11 is 9.03. The number of hydrogen-bond donors (Lipinski definition) is 1. The van der Waals surface area contributed by atoms with E-state index in [2.05, 4.69) is 15.9 Å². The van der Waals surface area contributed by atoms with Gasteiger partial charge in [-0.25, -0.2) is 9.18 Å². The Kier molecular flexibility index (Phi) is 5.87. The zero-order chi connectivity index (χ0) is 16.4. The fourth-order valence-corrected chi connectivity index (χ4v) is 3.01. The van der Waals surface area contributed by atoms with Crippen LogP contribution >= 0.6 is 27.5 Å². The summed E-state index contributed by atoms with van der Waals surface area (Å²) in [5.41, 5.74) is -0.831. The number of nitrogens with zero attached hydrogens (tertiary/aromatic N) is 1. The first-order valence-corrected chi connectivity index (χ1v) is 7.57. The molecule has 7 heteroatoms. The highest BCUT2D eigenvalue weighted by Gasteiger charge is 2.35. The molecule has 118 valence electrons. The summed E-state index contributed by atoms with van der Waals surface area (Å²) in [7, 11) is 0. The van der Waals surface area contributed by atoms with E-state index in [4.69, 9.17) is 16.4 Å². The van der Waals surface area contributed by atoms with Gasteiger partial charge in [0.25, 0.3) is 0 Å². The summed E-state index contributed by atoms with van der Waals surface area (Å²) in [6.07, 6.45) is -0.756. The molecule has 0 bridgehead atoms. The van der Waals surface area contributed by atoms with Gasteiger partial charge in [0.15, 0.2) is 5.82 Å². The first-order valence-electron chi connectivity index (χ1n) is 6.40. The Morgan fingerprint density at radius 2 is 2.10 bits per heavy atom. The van der Waals surface area contributed by atoms with Crippen LogP contribution < -0.4 is 4.84 Å². The molecular weight excluding hydrogens is 365 g/mol. The molecule has 1 amide bonds. The van der Waals surface area contributed by atoms with Gasteiger partial charge in [-0.3, -0.25) is 0 Å². The molecule has 0 aliphatic carbocycles. The monoisotopic (exact) mass is 381 g/mol. The first-order chi connectivity index (χ1) is 9.54. The highest BCUT2D eigenvalue weighted by Crippen LogP contribution is 2.34. The van der Waals surface area contributed by atoms with Crippen molar-refractivity contribution in [2.75, 3.05) is 0 Å². The van der Waals surface area contributed by atoms with E-state index in [9.17, 15) is 14.3 Å². The lowest BCUT2D eigenvalue weighted by Crippen LogP contribution is -2.50. The number of benzene rings is 1. The molecule has 4 nitrogen and oxygen atoms in total. The molecule has 0 heterocycles. The van der Waals surface area contributed by atoms with E-state index in [1.54, 1.807) is 13.8 Å². The zero-order valence-electron chi connectivity index (χ0n) is 12.3. The first kappa shape index (κ1) is 18.0. The summed E-state index contributed by atoms with van der Waals surface area (Å²) in [6.45, 7) is 7.36. The molecule has 21 heavy (non-hydrogen) atoms. The Balaban J connectivity index is 3.13. The summed E-state index contributed by atoms with van der Waals surface area (Å²) in [4.78, 5) is 16.7. The van der Waals surface area contributed by atoms with Gasteiger partial charge in [0.05, 0.1) is 10.6 Å². The molecule has 0 fully saturated rings. The second kappa shape index (κ2) is 6.83. The van der Waals surface area contributed by atoms with Crippen molar-refractivity contribution in [1.29, 1.82) is 0 Å². The molecule has 0 aromatic heterocycles. The van der Waals surface area contributed by atoms with Crippen LogP contribution in [-0.4, -0.2) is 21.8 Å². The van der Waals surface area contributed by atoms with Crippen LogP contribution in [0, 0.1) is 11.7 Å². The highest BCUT2D eigenvalue weighted by atomic mass is 79.9. The molecule has 0 radical (unpaired) electrons. The minimum absolute atomic E-state index is 0.00604. The zero-order valence-corrected chi connectivity index (χ0v) is 14.6. The van der Waals surface area contributed by atoms with Gasteiger partial charge in [0.1, 0.15) is 0 Å². The van der Waals surface area contributed by atoms with Crippen molar-refractivity contribution in [3.05, 3.63) is 27.4 Å². The van der Waals surface area contributed by atoms with Crippen LogP contribution in [0.15, 0.2) is 16.6 Å². The lowest BCUT2D eigenvalue weighted by molar-refractivity contribution is -0.110. The molecule has 0 unspecified atom stereocenters. The van der Waals surface area contributed by atoms with Gasteiger partial charge in [0.2, 0.25) is 5.75 Å². The van der Waals surface area contributed by atoms with E-state index in [-0.39, 0.29) is 16.7 Å². The number of hydrogen-bond acceptors (Lipinski definition) is 2. The van der Waals surface area contributed by atoms with Gasteiger partial charge < -0.3 is 9.94 Å². The molecule has 1 rings (SSSR count). The van der Waals surface area contributed by atoms with E-state index in [0.717, 1.165) is 11.1 Å². The molecule has 0 atom stereocenters. The van der Waals surface area contributed by atoms with Crippen molar-refractivity contribution >= 4 is 33.6 Å². The number of carboxylic acid groups (broad SMARTS) is 1. The van der Waals surface area contributed by atoms with Crippen molar-refractivity contribution in [3.63, 3.8) is 0 Å². The number of halogens is 3. The maximum Gasteiger partial charge on any atom is 0.441 e. The second-order valence-corrected chi connectivity index (χ2v) is 7.10. The quantitative estimate of drug-likeness (QED) is 0.699. The van der Waals surface area contributed by atoms with Crippen LogP contribution in [0.3, 0.4) is 0 Å². The fraction of sp³-hybridized carbons (Fsp3) is 0.500. The van der Waals surface area contributed by atoms with Gasteiger partial charge in [-0.2, -0.15) is 0 Å². The van der Waals surface area contributed by atoms with E-state index >= 15 is 0 Å². The maximum atomic E-state index is 13.9. The largest absolute Gasteiger partial charge is 0.463 e. The molecule has 0 saturated heterocycles. The Morgan fingerprint density at radius 3 is 2.52 bits per heavy atom. The fourth-order valence-electron chi connectivity index (χ4n) is 2.21. The van der Waals surface area contributed by atoms with Crippen molar-refractivity contribution in [1.82, 2.24) is 5.06 Å². The third kappa shape index (κ3) is 4.74. The molecule has 0 saturated carbocycles. The van der Waals surface area contributed by atoms with Crippen LogP contribution in [0.4, 0.5) is 9.18 Å². The predicted molar refractivity (Wildman–Crippen MR) is 83.1 cm³/mol. The summed E-state index contributed by atoms with van der Waals surface area (Å²) in [5, 5.41) is 10.1. The lowest BCUT2D eigenvalue weighted by atomic mass is 9.92. The third-order valence-corrected chi connectivity index (χ3v) is 3.52. The van der Waals surface area contributed by atoms with E-state index in [1.807, 2.05) is 13.8 Å². The molecule has 1 aromatic rings. The summed E-state index contributed by atoms with van der Waals surface area (Å²) in [5.74, 6) is -0.796. The third-order valence-electron chi connectivity index (χ3n) is 2.78. The highest BCUT2D eigenvalue weighted by molar-refractivity contribution is 9.10. The lowest BCUT2D eigenvalue weighted by Gasteiger charge is -2.36. The van der Waals surface area contributed by atoms with Gasteiger partial charge in [-0.1, -0.05) is 41.4 Å². The summed E-state index contributed by atoms with van der Waals surface area (Å²) in [6, 6.07) is 2.60. The van der Waals surface area contributed by atoms with Gasteiger partial charge in [0, 0.05) is 4.47 Å². The maximum absolute atomic E-state index is 13.9. The van der Waals surface area contributed by atoms with Gasteiger partial charge in [-0.15, -0.1) is 5.06 Å². The summed E-state index contributed by atoms with van der Waals surface area (Å²) < 4.78 is 14.4. The standard InChI is InChI=1S/C14H18BrClFNO3/c1-8(2)7-14(3,4)18(13(19)20)21-12-10(16)5-9(15)6-11(12)17/h5-6,8H,7H2,1-4H3,(H,19,20). The van der Waals surface area contributed by atoms with Crippen LogP contribution in [-0.2, 0) is 0 Å². The molecule has 0 aliphatic rings.